The average molecular weight is 557 g/mol. The molecule has 1 amide bonds. The number of nitro benzene ring substituents is 1. The topological polar surface area (TPSA) is 114 Å². The fourth-order valence-corrected chi connectivity index (χ4v) is 3.60. The molecule has 10 heteroatoms. The first-order chi connectivity index (χ1) is 16.7. The minimum absolute atomic E-state index is 0.00646. The maximum absolute atomic E-state index is 12.6. The Bertz CT molecular complexity index is 1350. The molecule has 0 aromatic heterocycles. The maximum Gasteiger partial charge on any atom is 0.269 e. The Morgan fingerprint density at radius 1 is 1.20 bits per heavy atom. The second-order valence-corrected chi connectivity index (χ2v) is 8.59. The number of nitrogens with one attached hydrogen (secondary N) is 1. The van der Waals surface area contributed by atoms with Crippen molar-refractivity contribution >= 4 is 50.9 Å². The van der Waals surface area contributed by atoms with Gasteiger partial charge in [0.25, 0.3) is 11.6 Å². The van der Waals surface area contributed by atoms with Gasteiger partial charge in [0, 0.05) is 27.3 Å². The second-order valence-electron chi connectivity index (χ2n) is 7.32. The van der Waals surface area contributed by atoms with Crippen molar-refractivity contribution in [2.24, 2.45) is 0 Å². The van der Waals surface area contributed by atoms with Crippen LogP contribution in [0.3, 0.4) is 0 Å². The van der Waals surface area contributed by atoms with Crippen LogP contribution in [0, 0.1) is 28.4 Å². The molecule has 0 aliphatic rings. The van der Waals surface area contributed by atoms with E-state index < -0.39 is 10.8 Å². The van der Waals surface area contributed by atoms with Crippen molar-refractivity contribution < 1.29 is 19.2 Å². The number of halogens is 2. The van der Waals surface area contributed by atoms with E-state index in [2.05, 4.69) is 21.2 Å². The Morgan fingerprint density at radius 3 is 2.51 bits per heavy atom. The lowest BCUT2D eigenvalue weighted by Gasteiger charge is -2.13. The SMILES string of the molecule is COc1cc(/C=C(/C#N)C(=O)Nc2ccc(C)c(Cl)c2)c(Br)cc1OCc1ccc([N+](=O)[O-])cc1. The smallest absolute Gasteiger partial charge is 0.269 e. The van der Waals surface area contributed by atoms with Gasteiger partial charge in [0.1, 0.15) is 18.2 Å². The molecule has 0 unspecified atom stereocenters. The summed E-state index contributed by atoms with van der Waals surface area (Å²) in [6, 6.07) is 16.3. The lowest BCUT2D eigenvalue weighted by molar-refractivity contribution is -0.384. The van der Waals surface area contributed by atoms with Gasteiger partial charge in [-0.1, -0.05) is 33.6 Å². The number of carbonyl (C=O) groups is 1. The molecule has 0 saturated carbocycles. The summed E-state index contributed by atoms with van der Waals surface area (Å²) in [6.07, 6.45) is 1.43. The van der Waals surface area contributed by atoms with Gasteiger partial charge in [0.05, 0.1) is 12.0 Å². The summed E-state index contributed by atoms with van der Waals surface area (Å²) in [5, 5.41) is 23.5. The number of nitriles is 1. The summed E-state index contributed by atoms with van der Waals surface area (Å²) in [5.74, 6) is 0.202. The monoisotopic (exact) mass is 555 g/mol. The number of benzene rings is 3. The van der Waals surface area contributed by atoms with Gasteiger partial charge in [0.15, 0.2) is 11.5 Å². The predicted octanol–water partition coefficient (Wildman–Crippen LogP) is 6.45. The van der Waals surface area contributed by atoms with Crippen LogP contribution in [-0.2, 0) is 11.4 Å². The van der Waals surface area contributed by atoms with Gasteiger partial charge < -0.3 is 14.8 Å². The molecule has 0 aliphatic heterocycles. The first kappa shape index (κ1) is 25.7. The molecule has 35 heavy (non-hydrogen) atoms. The third-order valence-corrected chi connectivity index (χ3v) is 6.01. The molecule has 0 atom stereocenters. The van der Waals surface area contributed by atoms with Crippen LogP contribution in [0.4, 0.5) is 11.4 Å². The summed E-state index contributed by atoms with van der Waals surface area (Å²) in [5.41, 5.74) is 2.47. The minimum Gasteiger partial charge on any atom is -0.493 e. The van der Waals surface area contributed by atoms with Crippen LogP contribution < -0.4 is 14.8 Å². The summed E-state index contributed by atoms with van der Waals surface area (Å²) in [6.45, 7) is 2.00. The molecule has 0 radical (unpaired) electrons. The molecular weight excluding hydrogens is 538 g/mol. The largest absolute Gasteiger partial charge is 0.493 e. The van der Waals surface area contributed by atoms with E-state index in [-0.39, 0.29) is 17.9 Å². The average Bonchev–Trinajstić information content (AvgIpc) is 2.84. The number of carbonyl (C=O) groups excluding carboxylic acids is 1. The number of non-ortho nitro benzene ring substituents is 1. The van der Waals surface area contributed by atoms with Crippen molar-refractivity contribution in [3.05, 3.63) is 96.5 Å². The van der Waals surface area contributed by atoms with E-state index >= 15 is 0 Å². The molecular formula is C25H19BrClN3O5. The number of aryl methyl sites for hydroxylation is 1. The number of methoxy groups -OCH3 is 1. The number of hydrogen-bond donors (Lipinski definition) is 1. The zero-order chi connectivity index (χ0) is 25.5. The van der Waals surface area contributed by atoms with E-state index in [1.807, 2.05) is 13.0 Å². The highest BCUT2D eigenvalue weighted by Crippen LogP contribution is 2.35. The standard InChI is InChI=1S/C25H19BrClN3O5/c1-15-3-6-19(11-22(15)27)29-25(31)18(13-28)9-17-10-23(34-2)24(12-21(17)26)35-14-16-4-7-20(8-5-16)30(32)33/h3-12H,14H2,1-2H3,(H,29,31)/b18-9-. The molecule has 0 spiro atoms. The molecule has 3 aromatic rings. The number of nitro groups is 1. The van der Waals surface area contributed by atoms with Crippen LogP contribution in [0.5, 0.6) is 11.5 Å². The van der Waals surface area contributed by atoms with Gasteiger partial charge in [-0.3, -0.25) is 14.9 Å². The molecule has 0 fully saturated rings. The maximum atomic E-state index is 12.6. The first-order valence-corrected chi connectivity index (χ1v) is 11.3. The summed E-state index contributed by atoms with van der Waals surface area (Å²) < 4.78 is 11.8. The van der Waals surface area contributed by atoms with Gasteiger partial charge in [0.2, 0.25) is 0 Å². The highest BCUT2D eigenvalue weighted by atomic mass is 79.9. The van der Waals surface area contributed by atoms with E-state index in [4.69, 9.17) is 21.1 Å². The Labute approximate surface area is 215 Å². The molecule has 178 valence electrons. The lowest BCUT2D eigenvalue weighted by atomic mass is 10.1. The van der Waals surface area contributed by atoms with Gasteiger partial charge in [-0.25, -0.2) is 0 Å². The molecule has 3 rings (SSSR count). The Hall–Kier alpha value is -3.87. The highest BCUT2D eigenvalue weighted by Gasteiger charge is 2.15. The molecule has 0 saturated heterocycles. The third kappa shape index (κ3) is 6.59. The number of amides is 1. The summed E-state index contributed by atoms with van der Waals surface area (Å²) in [7, 11) is 1.47. The van der Waals surface area contributed by atoms with E-state index in [9.17, 15) is 20.2 Å². The molecule has 0 bridgehead atoms. The third-order valence-electron chi connectivity index (χ3n) is 4.92. The zero-order valence-electron chi connectivity index (χ0n) is 18.7. The molecule has 8 nitrogen and oxygen atoms in total. The van der Waals surface area contributed by atoms with Crippen LogP contribution in [0.1, 0.15) is 16.7 Å². The fourth-order valence-electron chi connectivity index (χ4n) is 2.98. The molecule has 3 aromatic carbocycles. The van der Waals surface area contributed by atoms with Crippen molar-refractivity contribution in [1.82, 2.24) is 0 Å². The molecule has 1 N–H and O–H groups in total. The Kier molecular flexibility index (Phi) is 8.47. The number of hydrogen-bond acceptors (Lipinski definition) is 6. The summed E-state index contributed by atoms with van der Waals surface area (Å²) >= 11 is 9.54. The van der Waals surface area contributed by atoms with Gasteiger partial charge in [-0.15, -0.1) is 0 Å². The predicted molar refractivity (Wildman–Crippen MR) is 137 cm³/mol. The van der Waals surface area contributed by atoms with Crippen molar-refractivity contribution in [1.29, 1.82) is 5.26 Å². The summed E-state index contributed by atoms with van der Waals surface area (Å²) in [4.78, 5) is 23.0. The minimum atomic E-state index is -0.586. The van der Waals surface area contributed by atoms with Gasteiger partial charge in [-0.2, -0.15) is 5.26 Å². The van der Waals surface area contributed by atoms with Crippen molar-refractivity contribution in [2.45, 2.75) is 13.5 Å². The van der Waals surface area contributed by atoms with E-state index in [1.165, 1.54) is 25.3 Å². The van der Waals surface area contributed by atoms with Gasteiger partial charge in [-0.05, 0) is 66.1 Å². The number of nitrogens with zero attached hydrogens (tertiary/aromatic N) is 2. The second kappa shape index (κ2) is 11.5. The van der Waals surface area contributed by atoms with Crippen LogP contribution in [0.25, 0.3) is 6.08 Å². The normalized spacial score (nSPS) is 10.9. The Morgan fingerprint density at radius 2 is 1.91 bits per heavy atom. The highest BCUT2D eigenvalue weighted by molar-refractivity contribution is 9.10. The van der Waals surface area contributed by atoms with Crippen molar-refractivity contribution in [2.75, 3.05) is 12.4 Å². The Balaban J connectivity index is 1.79. The lowest BCUT2D eigenvalue weighted by Crippen LogP contribution is -2.13. The van der Waals surface area contributed by atoms with Crippen LogP contribution in [0.2, 0.25) is 5.02 Å². The fraction of sp³-hybridized carbons (Fsp3) is 0.120. The van der Waals surface area contributed by atoms with Crippen molar-refractivity contribution in [3.8, 4) is 17.6 Å². The van der Waals surface area contributed by atoms with E-state index in [0.717, 1.165) is 11.1 Å². The van der Waals surface area contributed by atoms with Crippen LogP contribution >= 0.6 is 27.5 Å². The van der Waals surface area contributed by atoms with Crippen LogP contribution in [0.15, 0.2) is 64.6 Å². The van der Waals surface area contributed by atoms with Gasteiger partial charge >= 0.3 is 0 Å². The zero-order valence-corrected chi connectivity index (χ0v) is 21.0. The van der Waals surface area contributed by atoms with E-state index in [1.54, 1.807) is 42.5 Å². The van der Waals surface area contributed by atoms with E-state index in [0.29, 0.717) is 32.2 Å². The van der Waals surface area contributed by atoms with Crippen molar-refractivity contribution in [3.63, 3.8) is 0 Å². The number of anilines is 1. The molecule has 0 heterocycles. The molecule has 0 aliphatic carbocycles. The number of rotatable bonds is 8. The number of ether oxygens (including phenoxy) is 2. The quantitative estimate of drug-likeness (QED) is 0.148. The van der Waals surface area contributed by atoms with Crippen LogP contribution in [-0.4, -0.2) is 17.9 Å². The first-order valence-electron chi connectivity index (χ1n) is 10.1.